The number of rotatable bonds is 7. The normalized spacial score (nSPS) is 12.8. The SMILES string of the molecule is CC1(C)c2ccccc2-c2cc(-c3cc(-c4cccc(-c5cccc(-c6nc(-c7ccc8c(c7)oc7ccccc78)nc(-c7ccc8c(c7)oc7ccccc78)n6)c5)c4)nc(-c4ccccc4)n3)ccc21. The lowest BCUT2D eigenvalue weighted by Gasteiger charge is -2.21. The van der Waals surface area contributed by atoms with E-state index in [-0.39, 0.29) is 5.41 Å². The fraction of sp³-hybridized carbons (Fsp3) is 0.0469. The first-order chi connectivity index (χ1) is 34.9. The average Bonchev–Trinajstić information content (AvgIpc) is 4.07. The summed E-state index contributed by atoms with van der Waals surface area (Å²) >= 11 is 0. The van der Waals surface area contributed by atoms with E-state index in [2.05, 4.69) is 159 Å². The molecular formula is C64H41N5O2. The summed E-state index contributed by atoms with van der Waals surface area (Å²) in [5, 5.41) is 4.21. The van der Waals surface area contributed by atoms with Crippen molar-refractivity contribution in [3.63, 3.8) is 0 Å². The molecule has 0 unspecified atom stereocenters. The second-order valence-electron chi connectivity index (χ2n) is 18.8. The Kier molecular flexibility index (Phi) is 9.10. The van der Waals surface area contributed by atoms with Gasteiger partial charge in [-0.3, -0.25) is 0 Å². The first-order valence-corrected chi connectivity index (χ1v) is 23.9. The van der Waals surface area contributed by atoms with E-state index < -0.39 is 0 Å². The summed E-state index contributed by atoms with van der Waals surface area (Å²) in [5.74, 6) is 2.29. The summed E-state index contributed by atoms with van der Waals surface area (Å²) in [6.07, 6.45) is 0. The molecule has 1 aliphatic rings. The summed E-state index contributed by atoms with van der Waals surface area (Å²) in [6, 6.07) is 73.4. The van der Waals surface area contributed by atoms with Crippen molar-refractivity contribution in [3.05, 3.63) is 223 Å². The largest absolute Gasteiger partial charge is 0.456 e. The Hall–Kier alpha value is -9.33. The van der Waals surface area contributed by atoms with Crippen LogP contribution in [0.25, 0.3) is 134 Å². The molecular weight excluding hydrogens is 871 g/mol. The maximum absolute atomic E-state index is 6.33. The fourth-order valence-corrected chi connectivity index (χ4v) is 10.5. The number of hydrogen-bond acceptors (Lipinski definition) is 7. The van der Waals surface area contributed by atoms with Crippen molar-refractivity contribution in [1.29, 1.82) is 0 Å². The highest BCUT2D eigenvalue weighted by Gasteiger charge is 2.35. The van der Waals surface area contributed by atoms with Crippen LogP contribution in [-0.4, -0.2) is 24.9 Å². The molecule has 0 amide bonds. The molecule has 0 aliphatic heterocycles. The van der Waals surface area contributed by atoms with Crippen LogP contribution < -0.4 is 0 Å². The first kappa shape index (κ1) is 40.7. The van der Waals surface area contributed by atoms with Gasteiger partial charge in [-0.1, -0.05) is 166 Å². The van der Waals surface area contributed by atoms with Crippen LogP contribution in [0.5, 0.6) is 0 Å². The van der Waals surface area contributed by atoms with E-state index >= 15 is 0 Å². The molecule has 0 bridgehead atoms. The molecule has 0 radical (unpaired) electrons. The maximum Gasteiger partial charge on any atom is 0.164 e. The average molecular weight is 912 g/mol. The summed E-state index contributed by atoms with van der Waals surface area (Å²) in [7, 11) is 0. The van der Waals surface area contributed by atoms with Gasteiger partial charge in [-0.15, -0.1) is 0 Å². The Balaban J connectivity index is 0.872. The molecule has 4 aromatic heterocycles. The van der Waals surface area contributed by atoms with Crippen LogP contribution in [0, 0.1) is 0 Å². The molecule has 334 valence electrons. The van der Waals surface area contributed by atoms with Crippen LogP contribution in [-0.2, 0) is 5.41 Å². The van der Waals surface area contributed by atoms with Gasteiger partial charge in [-0.2, -0.15) is 0 Å². The number of furan rings is 2. The Morgan fingerprint density at radius 2 is 0.718 bits per heavy atom. The Labute approximate surface area is 408 Å². The summed E-state index contributed by atoms with van der Waals surface area (Å²) in [5.41, 5.74) is 17.6. The van der Waals surface area contributed by atoms with Gasteiger partial charge in [0, 0.05) is 60.3 Å². The van der Waals surface area contributed by atoms with E-state index in [1.54, 1.807) is 0 Å². The van der Waals surface area contributed by atoms with Crippen molar-refractivity contribution < 1.29 is 8.83 Å². The summed E-state index contributed by atoms with van der Waals surface area (Å²) in [4.78, 5) is 25.9. The molecule has 0 N–H and O–H groups in total. The van der Waals surface area contributed by atoms with E-state index in [9.17, 15) is 0 Å². The van der Waals surface area contributed by atoms with Gasteiger partial charge < -0.3 is 8.83 Å². The molecule has 0 fully saturated rings. The third-order valence-electron chi connectivity index (χ3n) is 14.2. The Bertz CT molecular complexity index is 4150. The van der Waals surface area contributed by atoms with Gasteiger partial charge in [0.15, 0.2) is 23.3 Å². The minimum absolute atomic E-state index is 0.0847. The molecule has 7 nitrogen and oxygen atoms in total. The molecule has 14 rings (SSSR count). The lowest BCUT2D eigenvalue weighted by atomic mass is 9.82. The number of nitrogens with zero attached hydrogens (tertiary/aromatic N) is 5. The van der Waals surface area contributed by atoms with Gasteiger partial charge in [0.05, 0.1) is 11.4 Å². The molecule has 0 spiro atoms. The standard InChI is InChI=1S/C64H41N5O2/c1-64(2)52-23-9-6-20-46(52)51-34-42(28-31-53(51)64)55-37-54(65-60(66-55)38-14-4-3-5-15-38)41-18-12-16-39(32-41)40-17-13-19-43(33-40)61-67-62(44-26-29-49-47-21-7-10-24-56(47)70-58(49)35-44)69-63(68-61)45-27-30-50-48-22-8-11-25-57(48)71-59(50)36-45/h3-37H,1-2H3. The van der Waals surface area contributed by atoms with E-state index in [0.29, 0.717) is 23.3 Å². The molecule has 71 heavy (non-hydrogen) atoms. The van der Waals surface area contributed by atoms with Gasteiger partial charge >= 0.3 is 0 Å². The summed E-state index contributed by atoms with van der Waals surface area (Å²) < 4.78 is 12.7. The molecule has 0 atom stereocenters. The van der Waals surface area contributed by atoms with Gasteiger partial charge in [-0.05, 0) is 94.0 Å². The minimum Gasteiger partial charge on any atom is -0.456 e. The van der Waals surface area contributed by atoms with E-state index in [4.69, 9.17) is 33.8 Å². The number of aromatic nitrogens is 5. The number of benzene rings is 9. The second-order valence-corrected chi connectivity index (χ2v) is 18.8. The smallest absolute Gasteiger partial charge is 0.164 e. The lowest BCUT2D eigenvalue weighted by molar-refractivity contribution is 0.660. The zero-order chi connectivity index (χ0) is 47.2. The zero-order valence-electron chi connectivity index (χ0n) is 38.8. The van der Waals surface area contributed by atoms with Crippen LogP contribution in [0.2, 0.25) is 0 Å². The third kappa shape index (κ3) is 6.84. The fourth-order valence-electron chi connectivity index (χ4n) is 10.5. The minimum atomic E-state index is -0.0847. The number of hydrogen-bond donors (Lipinski definition) is 0. The van der Waals surface area contributed by atoms with Crippen molar-refractivity contribution in [1.82, 2.24) is 24.9 Å². The van der Waals surface area contributed by atoms with Crippen molar-refractivity contribution >= 4 is 43.9 Å². The lowest BCUT2D eigenvalue weighted by Crippen LogP contribution is -2.14. The summed E-state index contributed by atoms with van der Waals surface area (Å²) in [6.45, 7) is 4.62. The highest BCUT2D eigenvalue weighted by Crippen LogP contribution is 2.49. The van der Waals surface area contributed by atoms with Crippen molar-refractivity contribution in [2.24, 2.45) is 0 Å². The van der Waals surface area contributed by atoms with Crippen LogP contribution >= 0.6 is 0 Å². The van der Waals surface area contributed by atoms with Crippen LogP contribution in [0.4, 0.5) is 0 Å². The van der Waals surface area contributed by atoms with Crippen molar-refractivity contribution in [2.45, 2.75) is 19.3 Å². The van der Waals surface area contributed by atoms with Crippen molar-refractivity contribution in [2.75, 3.05) is 0 Å². The molecule has 13 aromatic rings. The predicted molar refractivity (Wildman–Crippen MR) is 286 cm³/mol. The van der Waals surface area contributed by atoms with Crippen LogP contribution in [0.15, 0.2) is 221 Å². The quantitative estimate of drug-likeness (QED) is 0.157. The first-order valence-electron chi connectivity index (χ1n) is 23.9. The molecule has 7 heteroatoms. The third-order valence-corrected chi connectivity index (χ3v) is 14.2. The number of fused-ring (bicyclic) bond motifs is 9. The molecule has 9 aromatic carbocycles. The predicted octanol–water partition coefficient (Wildman–Crippen LogP) is 16.4. The van der Waals surface area contributed by atoms with Gasteiger partial charge in [0.25, 0.3) is 0 Å². The Morgan fingerprint density at radius 3 is 1.35 bits per heavy atom. The van der Waals surface area contributed by atoms with Gasteiger partial charge in [0.2, 0.25) is 0 Å². The maximum atomic E-state index is 6.33. The second kappa shape index (κ2) is 15.9. The molecule has 0 saturated heterocycles. The van der Waals surface area contributed by atoms with Gasteiger partial charge in [-0.25, -0.2) is 24.9 Å². The van der Waals surface area contributed by atoms with E-state index in [1.165, 1.54) is 22.3 Å². The zero-order valence-corrected chi connectivity index (χ0v) is 38.8. The van der Waals surface area contributed by atoms with Gasteiger partial charge in [0.1, 0.15) is 22.3 Å². The van der Waals surface area contributed by atoms with E-state index in [0.717, 1.165) is 99.8 Å². The highest BCUT2D eigenvalue weighted by atomic mass is 16.3. The molecule has 1 aliphatic carbocycles. The monoisotopic (exact) mass is 911 g/mol. The molecule has 0 saturated carbocycles. The Morgan fingerprint density at radius 1 is 0.282 bits per heavy atom. The van der Waals surface area contributed by atoms with Crippen molar-refractivity contribution in [3.8, 4) is 90.3 Å². The highest BCUT2D eigenvalue weighted by molar-refractivity contribution is 6.07. The molecule has 4 heterocycles. The van der Waals surface area contributed by atoms with Crippen LogP contribution in [0.1, 0.15) is 25.0 Å². The van der Waals surface area contributed by atoms with Crippen LogP contribution in [0.3, 0.4) is 0 Å². The number of para-hydroxylation sites is 2. The topological polar surface area (TPSA) is 90.7 Å². The van der Waals surface area contributed by atoms with E-state index in [1.807, 2.05) is 66.7 Å².